The summed E-state index contributed by atoms with van der Waals surface area (Å²) in [5.74, 6) is -0.453. The number of nitrogens with one attached hydrogen (secondary N) is 1. The second kappa shape index (κ2) is 9.94. The van der Waals surface area contributed by atoms with E-state index in [2.05, 4.69) is 15.3 Å². The number of esters is 1. The SMILES string of the molecule is CCOC(=O)CNCc1ccc(C(O)c2cc(C(F)(F)F)nc3c(C(F)(F)F)cccc23)nc1. The molecule has 3 aromatic rings. The van der Waals surface area contributed by atoms with E-state index in [-0.39, 0.29) is 30.8 Å². The number of rotatable bonds is 7. The van der Waals surface area contributed by atoms with Gasteiger partial charge in [-0.3, -0.25) is 9.78 Å². The van der Waals surface area contributed by atoms with Crippen LogP contribution < -0.4 is 5.32 Å². The summed E-state index contributed by atoms with van der Waals surface area (Å²) < 4.78 is 85.2. The third-order valence-electron chi connectivity index (χ3n) is 4.79. The lowest BCUT2D eigenvalue weighted by molar-refractivity contribution is -0.142. The molecule has 0 radical (unpaired) electrons. The molecule has 2 aromatic heterocycles. The number of para-hydroxylation sites is 1. The van der Waals surface area contributed by atoms with Crippen molar-refractivity contribution in [2.24, 2.45) is 0 Å². The highest BCUT2D eigenvalue weighted by Crippen LogP contribution is 2.39. The van der Waals surface area contributed by atoms with Crippen LogP contribution in [0.2, 0.25) is 0 Å². The molecular formula is C22H19F6N3O3. The average molecular weight is 487 g/mol. The molecule has 3 rings (SSSR count). The van der Waals surface area contributed by atoms with Gasteiger partial charge in [0.15, 0.2) is 0 Å². The van der Waals surface area contributed by atoms with Crippen LogP contribution in [0.4, 0.5) is 26.3 Å². The van der Waals surface area contributed by atoms with Gasteiger partial charge >= 0.3 is 18.3 Å². The molecule has 6 nitrogen and oxygen atoms in total. The average Bonchev–Trinajstić information content (AvgIpc) is 2.77. The fourth-order valence-electron chi connectivity index (χ4n) is 3.26. The van der Waals surface area contributed by atoms with Crippen molar-refractivity contribution in [3.63, 3.8) is 0 Å². The van der Waals surface area contributed by atoms with Crippen molar-refractivity contribution in [1.29, 1.82) is 0 Å². The topological polar surface area (TPSA) is 84.3 Å². The Morgan fingerprint density at radius 1 is 1.12 bits per heavy atom. The molecule has 2 heterocycles. The van der Waals surface area contributed by atoms with Crippen LogP contribution in [0.1, 0.15) is 41.1 Å². The van der Waals surface area contributed by atoms with Crippen molar-refractivity contribution in [1.82, 2.24) is 15.3 Å². The molecule has 182 valence electrons. The number of hydrogen-bond donors (Lipinski definition) is 2. The summed E-state index contributed by atoms with van der Waals surface area (Å²) in [6.07, 6.45) is -10.4. The number of aromatic nitrogens is 2. The fraction of sp³-hybridized carbons (Fsp3) is 0.318. The van der Waals surface area contributed by atoms with Gasteiger partial charge in [-0.05, 0) is 36.2 Å². The van der Waals surface area contributed by atoms with Gasteiger partial charge in [-0.1, -0.05) is 18.2 Å². The summed E-state index contributed by atoms with van der Waals surface area (Å²) in [5.41, 5.74) is -3.73. The molecule has 1 unspecified atom stereocenters. The Labute approximate surface area is 189 Å². The van der Waals surface area contributed by atoms with Crippen molar-refractivity contribution in [2.45, 2.75) is 31.9 Å². The van der Waals surface area contributed by atoms with Gasteiger partial charge in [0.25, 0.3) is 0 Å². The smallest absolute Gasteiger partial charge is 0.433 e. The molecule has 0 saturated carbocycles. The number of carbonyl (C=O) groups excluding carboxylic acids is 1. The molecule has 0 fully saturated rings. The molecule has 2 N–H and O–H groups in total. The number of halogens is 6. The van der Waals surface area contributed by atoms with Crippen LogP contribution in [0.3, 0.4) is 0 Å². The lowest BCUT2D eigenvalue weighted by Gasteiger charge is -2.18. The van der Waals surface area contributed by atoms with E-state index in [1.54, 1.807) is 6.92 Å². The number of fused-ring (bicyclic) bond motifs is 1. The maximum atomic E-state index is 13.4. The van der Waals surface area contributed by atoms with Crippen LogP contribution in [0.25, 0.3) is 10.9 Å². The number of pyridine rings is 2. The van der Waals surface area contributed by atoms with E-state index in [1.807, 2.05) is 0 Å². The largest absolute Gasteiger partial charge is 0.465 e. The van der Waals surface area contributed by atoms with Crippen LogP contribution in [0, 0.1) is 0 Å². The highest BCUT2D eigenvalue weighted by atomic mass is 19.4. The van der Waals surface area contributed by atoms with Crippen LogP contribution in [0.15, 0.2) is 42.6 Å². The summed E-state index contributed by atoms with van der Waals surface area (Å²) in [4.78, 5) is 18.6. The Morgan fingerprint density at radius 2 is 1.85 bits per heavy atom. The van der Waals surface area contributed by atoms with E-state index < -0.39 is 46.8 Å². The van der Waals surface area contributed by atoms with Crippen molar-refractivity contribution >= 4 is 16.9 Å². The molecular weight excluding hydrogens is 468 g/mol. The van der Waals surface area contributed by atoms with Crippen molar-refractivity contribution < 1.29 is 41.0 Å². The zero-order valence-electron chi connectivity index (χ0n) is 17.7. The molecule has 0 bridgehead atoms. The predicted molar refractivity (Wildman–Crippen MR) is 108 cm³/mol. The van der Waals surface area contributed by atoms with Crippen LogP contribution >= 0.6 is 0 Å². The molecule has 0 aliphatic rings. The van der Waals surface area contributed by atoms with E-state index in [0.717, 1.165) is 12.1 Å². The third-order valence-corrected chi connectivity index (χ3v) is 4.79. The van der Waals surface area contributed by atoms with Gasteiger partial charge in [-0.2, -0.15) is 26.3 Å². The normalized spacial score (nSPS) is 13.2. The minimum absolute atomic E-state index is 0.0526. The predicted octanol–water partition coefficient (Wildman–Crippen LogP) is 4.40. The number of hydrogen-bond acceptors (Lipinski definition) is 6. The van der Waals surface area contributed by atoms with Gasteiger partial charge in [-0.25, -0.2) is 4.98 Å². The van der Waals surface area contributed by atoms with E-state index in [0.29, 0.717) is 17.7 Å². The number of aliphatic hydroxyl groups excluding tert-OH is 1. The van der Waals surface area contributed by atoms with Gasteiger partial charge < -0.3 is 15.2 Å². The number of carbonyl (C=O) groups is 1. The van der Waals surface area contributed by atoms with E-state index in [9.17, 15) is 36.2 Å². The zero-order valence-corrected chi connectivity index (χ0v) is 17.7. The Morgan fingerprint density at radius 3 is 2.44 bits per heavy atom. The first kappa shape index (κ1) is 25.4. The van der Waals surface area contributed by atoms with Crippen LogP contribution in [0.5, 0.6) is 0 Å². The molecule has 12 heteroatoms. The van der Waals surface area contributed by atoms with Crippen molar-refractivity contribution in [3.05, 3.63) is 70.7 Å². The highest BCUT2D eigenvalue weighted by Gasteiger charge is 2.38. The summed E-state index contributed by atoms with van der Waals surface area (Å²) in [7, 11) is 0. The number of nitrogens with zero attached hydrogens (tertiary/aromatic N) is 2. The van der Waals surface area contributed by atoms with Gasteiger partial charge in [-0.15, -0.1) is 0 Å². The first-order valence-corrected chi connectivity index (χ1v) is 9.99. The molecule has 1 aromatic carbocycles. The molecule has 0 amide bonds. The molecule has 0 aliphatic heterocycles. The first-order valence-electron chi connectivity index (χ1n) is 9.99. The summed E-state index contributed by atoms with van der Waals surface area (Å²) in [6.45, 7) is 2.06. The number of benzene rings is 1. The molecule has 0 spiro atoms. The maximum absolute atomic E-state index is 13.4. The fourth-order valence-corrected chi connectivity index (χ4v) is 3.26. The Bertz CT molecular complexity index is 1160. The number of ether oxygens (including phenoxy) is 1. The van der Waals surface area contributed by atoms with Gasteiger partial charge in [0.05, 0.1) is 29.9 Å². The van der Waals surface area contributed by atoms with Gasteiger partial charge in [0, 0.05) is 18.1 Å². The molecule has 1 atom stereocenters. The Hall–Kier alpha value is -3.25. The quantitative estimate of drug-likeness (QED) is 0.380. The third kappa shape index (κ3) is 5.81. The summed E-state index contributed by atoms with van der Waals surface area (Å²) >= 11 is 0. The molecule has 0 saturated heterocycles. The van der Waals surface area contributed by atoms with Crippen LogP contribution in [-0.2, 0) is 28.4 Å². The molecule has 34 heavy (non-hydrogen) atoms. The molecule has 0 aliphatic carbocycles. The Kier molecular flexibility index (Phi) is 7.41. The summed E-state index contributed by atoms with van der Waals surface area (Å²) in [6, 6.07) is 6.18. The maximum Gasteiger partial charge on any atom is 0.433 e. The standard InChI is InChI=1S/C22H19F6N3O3/c1-2-34-18(32)11-29-9-12-6-7-16(30-10-12)20(33)14-8-17(22(26,27)28)31-19-13(14)4-3-5-15(19)21(23,24)25/h3-8,10,20,29,33H,2,9,11H2,1H3. The second-order valence-electron chi connectivity index (χ2n) is 7.20. The van der Waals surface area contributed by atoms with E-state index in [1.165, 1.54) is 18.3 Å². The van der Waals surface area contributed by atoms with Crippen molar-refractivity contribution in [2.75, 3.05) is 13.2 Å². The van der Waals surface area contributed by atoms with Gasteiger partial charge in [0.2, 0.25) is 0 Å². The first-order chi connectivity index (χ1) is 15.9. The Balaban J connectivity index is 1.95. The lowest BCUT2D eigenvalue weighted by atomic mass is 9.97. The van der Waals surface area contributed by atoms with Gasteiger partial charge in [0.1, 0.15) is 11.8 Å². The zero-order chi connectivity index (χ0) is 25.1. The monoisotopic (exact) mass is 487 g/mol. The highest BCUT2D eigenvalue weighted by molar-refractivity contribution is 5.86. The van der Waals surface area contributed by atoms with E-state index >= 15 is 0 Å². The second-order valence-corrected chi connectivity index (χ2v) is 7.20. The minimum Gasteiger partial charge on any atom is -0.465 e. The number of aliphatic hydroxyl groups is 1. The van der Waals surface area contributed by atoms with Crippen molar-refractivity contribution in [3.8, 4) is 0 Å². The minimum atomic E-state index is -5.04. The number of alkyl halides is 6. The van der Waals surface area contributed by atoms with Crippen LogP contribution in [-0.4, -0.2) is 34.2 Å². The van der Waals surface area contributed by atoms with E-state index in [4.69, 9.17) is 4.74 Å². The lowest BCUT2D eigenvalue weighted by Crippen LogP contribution is -2.24. The summed E-state index contributed by atoms with van der Waals surface area (Å²) in [5, 5.41) is 13.3.